The molecule has 3 aromatic heterocycles. The van der Waals surface area contributed by atoms with Gasteiger partial charge in [-0.25, -0.2) is 9.50 Å². The van der Waals surface area contributed by atoms with Crippen molar-refractivity contribution in [1.82, 2.24) is 34.6 Å². The summed E-state index contributed by atoms with van der Waals surface area (Å²) in [6.07, 6.45) is -2.87. The number of aromatic amines is 1. The standard InChI is InChI=1S/C28H30F3N7O2/c1-16(2)20-13-21(18-6-8-19(9-7-18)28(29,30)31)35-38-14-23(32-24(20)38)26(40)37-11-10-36(15-27(37,4)5)25(39)22-12-17(3)33-34-22/h6-9,12-14,16H,10-11,15H2,1-5H3,(H,33,34). The number of halogens is 3. The van der Waals surface area contributed by atoms with E-state index in [1.165, 1.54) is 16.6 Å². The second-order valence-corrected chi connectivity index (χ2v) is 11.0. The minimum Gasteiger partial charge on any atom is -0.333 e. The summed E-state index contributed by atoms with van der Waals surface area (Å²) in [5.41, 5.74) is 2.25. The Balaban J connectivity index is 1.43. The number of rotatable bonds is 4. The van der Waals surface area contributed by atoms with Crippen molar-refractivity contribution in [3.05, 3.63) is 70.8 Å². The Morgan fingerprint density at radius 1 is 1.05 bits per heavy atom. The molecule has 9 nitrogen and oxygen atoms in total. The van der Waals surface area contributed by atoms with Crippen LogP contribution in [0.3, 0.4) is 0 Å². The van der Waals surface area contributed by atoms with Gasteiger partial charge in [0.1, 0.15) is 11.4 Å². The topological polar surface area (TPSA) is 99.5 Å². The monoisotopic (exact) mass is 553 g/mol. The second kappa shape index (κ2) is 9.76. The number of carbonyl (C=O) groups excluding carboxylic acids is 2. The summed E-state index contributed by atoms with van der Waals surface area (Å²) in [6.45, 7) is 10.6. The van der Waals surface area contributed by atoms with E-state index in [1.807, 2.05) is 27.7 Å². The Hall–Kier alpha value is -4.22. The molecule has 0 spiro atoms. The number of piperazine rings is 1. The van der Waals surface area contributed by atoms with E-state index >= 15 is 0 Å². The predicted molar refractivity (Wildman–Crippen MR) is 142 cm³/mol. The fourth-order valence-electron chi connectivity index (χ4n) is 5.04. The first-order chi connectivity index (χ1) is 18.7. The zero-order valence-corrected chi connectivity index (χ0v) is 22.9. The van der Waals surface area contributed by atoms with Gasteiger partial charge < -0.3 is 9.80 Å². The molecule has 1 aliphatic rings. The van der Waals surface area contributed by atoms with Crippen LogP contribution in [-0.2, 0) is 6.18 Å². The van der Waals surface area contributed by atoms with E-state index in [4.69, 9.17) is 0 Å². The molecule has 12 heteroatoms. The Kier molecular flexibility index (Phi) is 6.67. The van der Waals surface area contributed by atoms with Gasteiger partial charge in [0.2, 0.25) is 0 Å². The normalized spacial score (nSPS) is 15.7. The Morgan fingerprint density at radius 3 is 2.33 bits per heavy atom. The van der Waals surface area contributed by atoms with Crippen molar-refractivity contribution in [3.8, 4) is 11.3 Å². The molecule has 0 unspecified atom stereocenters. The highest BCUT2D eigenvalue weighted by molar-refractivity contribution is 5.95. The molecule has 1 fully saturated rings. The van der Waals surface area contributed by atoms with E-state index in [0.717, 1.165) is 23.4 Å². The van der Waals surface area contributed by atoms with Crippen LogP contribution in [0.25, 0.3) is 16.9 Å². The van der Waals surface area contributed by atoms with Crippen LogP contribution in [0.15, 0.2) is 42.6 Å². The third kappa shape index (κ3) is 5.05. The van der Waals surface area contributed by atoms with Crippen molar-refractivity contribution in [2.75, 3.05) is 19.6 Å². The third-order valence-corrected chi connectivity index (χ3v) is 7.17. The summed E-state index contributed by atoms with van der Waals surface area (Å²) in [6, 6.07) is 8.32. The number of hydrogen-bond acceptors (Lipinski definition) is 5. The summed E-state index contributed by atoms with van der Waals surface area (Å²) < 4.78 is 40.6. The molecule has 5 rings (SSSR count). The Bertz CT molecular complexity index is 1590. The highest BCUT2D eigenvalue weighted by atomic mass is 19.4. The van der Waals surface area contributed by atoms with Gasteiger partial charge in [0.25, 0.3) is 11.8 Å². The second-order valence-electron chi connectivity index (χ2n) is 11.0. The lowest BCUT2D eigenvalue weighted by Crippen LogP contribution is -2.62. The number of nitrogens with one attached hydrogen (secondary N) is 1. The highest BCUT2D eigenvalue weighted by Gasteiger charge is 2.40. The molecule has 4 aromatic rings. The van der Waals surface area contributed by atoms with Crippen molar-refractivity contribution in [1.29, 1.82) is 0 Å². The van der Waals surface area contributed by atoms with Crippen LogP contribution in [0.5, 0.6) is 0 Å². The van der Waals surface area contributed by atoms with E-state index in [1.54, 1.807) is 35.1 Å². The van der Waals surface area contributed by atoms with E-state index < -0.39 is 17.3 Å². The average Bonchev–Trinajstić information content (AvgIpc) is 3.52. The van der Waals surface area contributed by atoms with Gasteiger partial charge in [-0.05, 0) is 51.0 Å². The lowest BCUT2D eigenvalue weighted by Gasteiger charge is -2.46. The van der Waals surface area contributed by atoms with Gasteiger partial charge in [-0.2, -0.15) is 23.4 Å². The maximum atomic E-state index is 13.7. The quantitative estimate of drug-likeness (QED) is 0.386. The van der Waals surface area contributed by atoms with Crippen LogP contribution < -0.4 is 0 Å². The Labute approximate surface area is 229 Å². The highest BCUT2D eigenvalue weighted by Crippen LogP contribution is 2.32. The van der Waals surface area contributed by atoms with E-state index in [-0.39, 0.29) is 23.4 Å². The van der Waals surface area contributed by atoms with Gasteiger partial charge in [-0.15, -0.1) is 0 Å². The number of imidazole rings is 1. The van der Waals surface area contributed by atoms with Crippen LogP contribution in [0.1, 0.15) is 71.4 Å². The smallest absolute Gasteiger partial charge is 0.333 e. The molecule has 0 atom stereocenters. The van der Waals surface area contributed by atoms with E-state index in [2.05, 4.69) is 20.3 Å². The van der Waals surface area contributed by atoms with Crippen LogP contribution in [0, 0.1) is 6.92 Å². The molecule has 0 saturated carbocycles. The first-order valence-electron chi connectivity index (χ1n) is 13.0. The molecule has 40 heavy (non-hydrogen) atoms. The number of amides is 2. The summed E-state index contributed by atoms with van der Waals surface area (Å²) in [5, 5.41) is 11.4. The van der Waals surface area contributed by atoms with E-state index in [0.29, 0.717) is 42.2 Å². The molecule has 1 aliphatic heterocycles. The molecule has 1 saturated heterocycles. The van der Waals surface area contributed by atoms with Gasteiger partial charge >= 0.3 is 6.18 Å². The van der Waals surface area contributed by atoms with Crippen molar-refractivity contribution in [3.63, 3.8) is 0 Å². The molecular formula is C28H30F3N7O2. The number of benzene rings is 1. The number of H-pyrrole nitrogens is 1. The van der Waals surface area contributed by atoms with Crippen molar-refractivity contribution in [2.24, 2.45) is 0 Å². The molecule has 0 aliphatic carbocycles. The van der Waals surface area contributed by atoms with Gasteiger partial charge in [0.05, 0.1) is 28.7 Å². The van der Waals surface area contributed by atoms with Crippen LogP contribution in [0.4, 0.5) is 13.2 Å². The number of hydrogen-bond donors (Lipinski definition) is 1. The van der Waals surface area contributed by atoms with Crippen LogP contribution in [-0.4, -0.2) is 71.6 Å². The summed E-state index contributed by atoms with van der Waals surface area (Å²) >= 11 is 0. The molecule has 0 radical (unpaired) electrons. The molecule has 2 amide bonds. The van der Waals surface area contributed by atoms with Gasteiger partial charge in [-0.3, -0.25) is 14.7 Å². The first-order valence-corrected chi connectivity index (χ1v) is 13.0. The molecule has 1 N–H and O–H groups in total. The number of aromatic nitrogens is 5. The van der Waals surface area contributed by atoms with Crippen molar-refractivity contribution in [2.45, 2.75) is 52.3 Å². The largest absolute Gasteiger partial charge is 0.416 e. The number of aryl methyl sites for hydroxylation is 1. The van der Waals surface area contributed by atoms with Crippen LogP contribution >= 0.6 is 0 Å². The maximum absolute atomic E-state index is 13.7. The molecule has 4 heterocycles. The fourth-order valence-corrected chi connectivity index (χ4v) is 5.04. The minimum absolute atomic E-state index is 0.0150. The summed E-state index contributed by atoms with van der Waals surface area (Å²) in [4.78, 5) is 34.7. The summed E-state index contributed by atoms with van der Waals surface area (Å²) in [7, 11) is 0. The van der Waals surface area contributed by atoms with Gasteiger partial charge in [0.15, 0.2) is 5.65 Å². The zero-order valence-electron chi connectivity index (χ0n) is 22.9. The predicted octanol–water partition coefficient (Wildman–Crippen LogP) is 4.95. The fraction of sp³-hybridized carbons (Fsp3) is 0.393. The third-order valence-electron chi connectivity index (χ3n) is 7.17. The SMILES string of the molecule is Cc1cc(C(=O)N2CCN(C(=O)c3cn4nc(-c5ccc(C(F)(F)F)cc5)cc(C(C)C)c4n3)C(C)(C)C2)[nH]n1. The van der Waals surface area contributed by atoms with Crippen LogP contribution in [0.2, 0.25) is 0 Å². The Morgan fingerprint density at radius 2 is 1.75 bits per heavy atom. The molecule has 1 aromatic carbocycles. The molecule has 210 valence electrons. The number of alkyl halides is 3. The molecular weight excluding hydrogens is 523 g/mol. The lowest BCUT2D eigenvalue weighted by molar-refractivity contribution is -0.137. The minimum atomic E-state index is -4.43. The van der Waals surface area contributed by atoms with Crippen molar-refractivity contribution >= 4 is 17.5 Å². The molecule has 0 bridgehead atoms. The lowest BCUT2D eigenvalue weighted by atomic mass is 9.98. The number of nitrogens with zero attached hydrogens (tertiary/aromatic N) is 6. The van der Waals surface area contributed by atoms with Crippen molar-refractivity contribution < 1.29 is 22.8 Å². The van der Waals surface area contributed by atoms with Gasteiger partial charge in [0, 0.05) is 30.8 Å². The van der Waals surface area contributed by atoms with Gasteiger partial charge in [-0.1, -0.05) is 26.0 Å². The number of carbonyl (C=O) groups is 2. The zero-order chi connectivity index (χ0) is 29.0. The van der Waals surface area contributed by atoms with E-state index in [9.17, 15) is 22.8 Å². The summed E-state index contributed by atoms with van der Waals surface area (Å²) in [5.74, 6) is -0.443. The average molecular weight is 554 g/mol. The maximum Gasteiger partial charge on any atom is 0.416 e. The number of fused-ring (bicyclic) bond motifs is 1. The first kappa shape index (κ1) is 27.4.